The molecule has 106 valence electrons. The maximum Gasteiger partial charge on any atom is 0.260 e. The molecule has 5 nitrogen and oxygen atoms in total. The van der Waals surface area contributed by atoms with Crippen LogP contribution in [0.15, 0.2) is 24.3 Å². The molecule has 2 rings (SSSR count). The first-order valence-corrected chi connectivity index (χ1v) is 6.09. The Morgan fingerprint density at radius 1 is 1.47 bits per heavy atom. The number of nitrogens with zero attached hydrogens (tertiary/aromatic N) is 1. The average Bonchev–Trinajstić information content (AvgIpc) is 2.38. The molecule has 0 radical (unpaired) electrons. The lowest BCUT2D eigenvalue weighted by Gasteiger charge is -2.33. The molecule has 19 heavy (non-hydrogen) atoms. The second-order valence-corrected chi connectivity index (χ2v) is 4.42. The highest BCUT2D eigenvalue weighted by Gasteiger charge is 2.22. The van der Waals surface area contributed by atoms with E-state index in [1.54, 1.807) is 12.1 Å². The molecule has 0 spiro atoms. The number of aromatic hydroxyl groups is 1. The molecular formula is C13H19ClN2O3. The van der Waals surface area contributed by atoms with E-state index in [4.69, 9.17) is 9.84 Å². The van der Waals surface area contributed by atoms with Crippen molar-refractivity contribution in [1.29, 1.82) is 0 Å². The zero-order valence-electron chi connectivity index (χ0n) is 10.8. The number of hydrogen-bond acceptors (Lipinski definition) is 4. The van der Waals surface area contributed by atoms with Gasteiger partial charge in [0.15, 0.2) is 6.61 Å². The molecule has 1 amide bonds. The van der Waals surface area contributed by atoms with Crippen LogP contribution in [-0.2, 0) is 4.79 Å². The van der Waals surface area contributed by atoms with Crippen molar-refractivity contribution in [3.63, 3.8) is 0 Å². The predicted molar refractivity (Wildman–Crippen MR) is 74.9 cm³/mol. The van der Waals surface area contributed by atoms with Crippen molar-refractivity contribution in [1.82, 2.24) is 10.2 Å². The van der Waals surface area contributed by atoms with Crippen LogP contribution < -0.4 is 10.1 Å². The molecule has 1 aromatic rings. The molecule has 1 aliphatic rings. The molecule has 1 fully saturated rings. The van der Waals surface area contributed by atoms with Gasteiger partial charge in [-0.2, -0.15) is 0 Å². The number of piperazine rings is 1. The summed E-state index contributed by atoms with van der Waals surface area (Å²) in [6.45, 7) is 4.43. The maximum absolute atomic E-state index is 12.0. The van der Waals surface area contributed by atoms with E-state index < -0.39 is 0 Å². The van der Waals surface area contributed by atoms with E-state index in [1.807, 2.05) is 11.8 Å². The third-order valence-electron chi connectivity index (χ3n) is 3.02. The number of halogens is 1. The van der Waals surface area contributed by atoms with Gasteiger partial charge in [0.2, 0.25) is 0 Å². The first kappa shape index (κ1) is 15.6. The van der Waals surface area contributed by atoms with Crippen molar-refractivity contribution < 1.29 is 14.6 Å². The summed E-state index contributed by atoms with van der Waals surface area (Å²) >= 11 is 0. The summed E-state index contributed by atoms with van der Waals surface area (Å²) in [6, 6.07) is 6.56. The minimum atomic E-state index is -0.00271. The van der Waals surface area contributed by atoms with Crippen LogP contribution in [0.4, 0.5) is 0 Å². The number of carbonyl (C=O) groups is 1. The summed E-state index contributed by atoms with van der Waals surface area (Å²) in [4.78, 5) is 13.8. The second kappa shape index (κ2) is 7.21. The first-order chi connectivity index (χ1) is 8.66. The molecule has 0 aliphatic carbocycles. The van der Waals surface area contributed by atoms with Crippen molar-refractivity contribution in [2.45, 2.75) is 13.0 Å². The summed E-state index contributed by atoms with van der Waals surface area (Å²) in [5.74, 6) is 0.769. The Morgan fingerprint density at radius 2 is 2.16 bits per heavy atom. The largest absolute Gasteiger partial charge is 0.508 e. The van der Waals surface area contributed by atoms with Crippen LogP contribution in [0.3, 0.4) is 0 Å². The Bertz CT molecular complexity index is 411. The molecule has 1 atom stereocenters. The molecule has 1 aromatic carbocycles. The normalized spacial score (nSPS) is 18.6. The molecule has 0 unspecified atom stereocenters. The van der Waals surface area contributed by atoms with Crippen LogP contribution >= 0.6 is 12.4 Å². The molecular weight excluding hydrogens is 268 g/mol. The fourth-order valence-corrected chi connectivity index (χ4v) is 1.98. The summed E-state index contributed by atoms with van der Waals surface area (Å²) in [7, 11) is 0. The zero-order valence-corrected chi connectivity index (χ0v) is 11.7. The lowest BCUT2D eigenvalue weighted by molar-refractivity contribution is -0.136. The smallest absolute Gasteiger partial charge is 0.260 e. The van der Waals surface area contributed by atoms with Gasteiger partial charge in [-0.05, 0) is 31.2 Å². The van der Waals surface area contributed by atoms with Gasteiger partial charge in [-0.1, -0.05) is 0 Å². The lowest BCUT2D eigenvalue weighted by atomic mass is 10.2. The number of phenols is 1. The maximum atomic E-state index is 12.0. The van der Waals surface area contributed by atoms with E-state index in [0.29, 0.717) is 5.75 Å². The number of amides is 1. The minimum absolute atomic E-state index is 0. The van der Waals surface area contributed by atoms with Crippen LogP contribution in [-0.4, -0.2) is 48.2 Å². The Kier molecular flexibility index (Phi) is 5.92. The number of phenolic OH excluding ortho intramolecular Hbond substituents is 1. The predicted octanol–water partition coefficient (Wildman–Crippen LogP) is 1.01. The van der Waals surface area contributed by atoms with Crippen LogP contribution in [0.25, 0.3) is 0 Å². The van der Waals surface area contributed by atoms with Crippen molar-refractivity contribution in [2.24, 2.45) is 0 Å². The Hall–Kier alpha value is -1.46. The van der Waals surface area contributed by atoms with Gasteiger partial charge in [-0.25, -0.2) is 0 Å². The number of hydrogen-bond donors (Lipinski definition) is 2. The van der Waals surface area contributed by atoms with Crippen LogP contribution in [0, 0.1) is 0 Å². The zero-order chi connectivity index (χ0) is 13.0. The molecule has 0 aromatic heterocycles. The molecule has 6 heteroatoms. The second-order valence-electron chi connectivity index (χ2n) is 4.42. The highest BCUT2D eigenvalue weighted by Crippen LogP contribution is 2.16. The lowest BCUT2D eigenvalue weighted by Crippen LogP contribution is -2.53. The monoisotopic (exact) mass is 286 g/mol. The van der Waals surface area contributed by atoms with Gasteiger partial charge in [0.1, 0.15) is 11.5 Å². The molecule has 2 N–H and O–H groups in total. The van der Waals surface area contributed by atoms with Crippen molar-refractivity contribution in [3.8, 4) is 11.5 Å². The summed E-state index contributed by atoms with van der Waals surface area (Å²) in [5.41, 5.74) is 0. The Balaban J connectivity index is 0.00000180. The van der Waals surface area contributed by atoms with Crippen molar-refractivity contribution in [2.75, 3.05) is 26.2 Å². The topological polar surface area (TPSA) is 61.8 Å². The first-order valence-electron chi connectivity index (χ1n) is 6.09. The summed E-state index contributed by atoms with van der Waals surface area (Å²) < 4.78 is 5.40. The number of carbonyl (C=O) groups excluding carboxylic acids is 1. The van der Waals surface area contributed by atoms with Gasteiger partial charge >= 0.3 is 0 Å². The quantitative estimate of drug-likeness (QED) is 0.871. The van der Waals surface area contributed by atoms with E-state index >= 15 is 0 Å². The SMILES string of the molecule is C[C@H]1CNCCN1C(=O)COc1ccc(O)cc1.Cl. The van der Waals surface area contributed by atoms with Crippen LogP contribution in [0.5, 0.6) is 11.5 Å². The van der Waals surface area contributed by atoms with E-state index in [-0.39, 0.29) is 36.7 Å². The number of ether oxygens (including phenoxy) is 1. The van der Waals surface area contributed by atoms with Crippen molar-refractivity contribution in [3.05, 3.63) is 24.3 Å². The molecule has 0 bridgehead atoms. The standard InChI is InChI=1S/C13H18N2O3.ClH/c1-10-8-14-6-7-15(10)13(17)9-18-12-4-2-11(16)3-5-12;/h2-5,10,14,16H,6-9H2,1H3;1H/t10-;/m0./s1. The molecule has 1 heterocycles. The highest BCUT2D eigenvalue weighted by molar-refractivity contribution is 5.85. The van der Waals surface area contributed by atoms with Crippen LogP contribution in [0.2, 0.25) is 0 Å². The third-order valence-corrected chi connectivity index (χ3v) is 3.02. The fourth-order valence-electron chi connectivity index (χ4n) is 1.98. The average molecular weight is 287 g/mol. The van der Waals surface area contributed by atoms with E-state index in [0.717, 1.165) is 19.6 Å². The van der Waals surface area contributed by atoms with Gasteiger partial charge in [0.25, 0.3) is 5.91 Å². The Morgan fingerprint density at radius 3 is 2.79 bits per heavy atom. The summed E-state index contributed by atoms with van der Waals surface area (Å²) in [5, 5.41) is 12.4. The molecule has 1 aliphatic heterocycles. The van der Waals surface area contributed by atoms with Crippen molar-refractivity contribution >= 4 is 18.3 Å². The van der Waals surface area contributed by atoms with Gasteiger partial charge in [0.05, 0.1) is 0 Å². The van der Waals surface area contributed by atoms with E-state index in [9.17, 15) is 4.79 Å². The minimum Gasteiger partial charge on any atom is -0.508 e. The van der Waals surface area contributed by atoms with Gasteiger partial charge in [-0.15, -0.1) is 12.4 Å². The fraction of sp³-hybridized carbons (Fsp3) is 0.462. The van der Waals surface area contributed by atoms with Gasteiger partial charge in [0, 0.05) is 25.7 Å². The van der Waals surface area contributed by atoms with Gasteiger partial charge in [-0.3, -0.25) is 4.79 Å². The molecule has 0 saturated carbocycles. The van der Waals surface area contributed by atoms with Crippen LogP contribution in [0.1, 0.15) is 6.92 Å². The van der Waals surface area contributed by atoms with Gasteiger partial charge < -0.3 is 20.1 Å². The number of rotatable bonds is 3. The molecule has 1 saturated heterocycles. The Labute approximate surface area is 119 Å². The van der Waals surface area contributed by atoms with E-state index in [2.05, 4.69) is 5.32 Å². The number of nitrogens with one attached hydrogen (secondary N) is 1. The van der Waals surface area contributed by atoms with E-state index in [1.165, 1.54) is 12.1 Å². The number of benzene rings is 1. The third kappa shape index (κ3) is 4.29. The highest BCUT2D eigenvalue weighted by atomic mass is 35.5. The summed E-state index contributed by atoms with van der Waals surface area (Å²) in [6.07, 6.45) is 0.